The first-order valence-electron chi connectivity index (χ1n) is 21.8. The van der Waals surface area contributed by atoms with Crippen molar-refractivity contribution in [3.63, 3.8) is 0 Å². The quantitative estimate of drug-likeness (QED) is 0.114. The number of esters is 2. The number of rotatable bonds is 15. The first-order valence-corrected chi connectivity index (χ1v) is 21.8. The maximum atomic E-state index is 12.8. The summed E-state index contributed by atoms with van der Waals surface area (Å²) in [5.41, 5.74) is 0.899. The van der Waals surface area contributed by atoms with Crippen molar-refractivity contribution in [2.24, 2.45) is 11.8 Å². The van der Waals surface area contributed by atoms with Crippen molar-refractivity contribution in [3.8, 4) is 0 Å². The van der Waals surface area contributed by atoms with Crippen LogP contribution in [0.5, 0.6) is 0 Å². The highest BCUT2D eigenvalue weighted by molar-refractivity contribution is 5.82. The summed E-state index contributed by atoms with van der Waals surface area (Å²) in [5.74, 6) is -1.30. The number of aliphatic hydroxyl groups excluding tert-OH is 1. The molecule has 0 spiro atoms. The highest BCUT2D eigenvalue weighted by Gasteiger charge is 2.38. The molecule has 2 saturated heterocycles. The van der Waals surface area contributed by atoms with Gasteiger partial charge in [-0.3, -0.25) is 0 Å². The summed E-state index contributed by atoms with van der Waals surface area (Å²) < 4.78 is 50.9. The molecule has 2 aliphatic heterocycles. The minimum absolute atomic E-state index is 0.00746. The summed E-state index contributed by atoms with van der Waals surface area (Å²) in [6, 6.07) is 18.1. The van der Waals surface area contributed by atoms with Crippen LogP contribution in [0.3, 0.4) is 0 Å². The van der Waals surface area contributed by atoms with Crippen LogP contribution in [-0.2, 0) is 65.1 Å². The molecule has 2 amide bonds. The van der Waals surface area contributed by atoms with Gasteiger partial charge in [0.15, 0.2) is 12.1 Å². The van der Waals surface area contributed by atoms with Crippen molar-refractivity contribution in [3.05, 3.63) is 71.8 Å². The van der Waals surface area contributed by atoms with Gasteiger partial charge in [0, 0.05) is 45.4 Å². The molecule has 16 nitrogen and oxygen atoms in total. The Labute approximate surface area is 373 Å². The first kappa shape index (κ1) is 53.0. The molecule has 2 aromatic rings. The van der Waals surface area contributed by atoms with Crippen molar-refractivity contribution < 1.29 is 66.9 Å². The van der Waals surface area contributed by atoms with Crippen LogP contribution in [0.2, 0.25) is 0 Å². The van der Waals surface area contributed by atoms with Crippen LogP contribution in [0.1, 0.15) is 79.4 Å². The van der Waals surface area contributed by atoms with Gasteiger partial charge in [-0.05, 0) is 92.2 Å². The highest BCUT2D eigenvalue weighted by atomic mass is 16.6. The monoisotopic (exact) mass is 888 g/mol. The van der Waals surface area contributed by atoms with Gasteiger partial charge in [0.05, 0.1) is 38.6 Å². The number of methoxy groups -OCH3 is 1. The fourth-order valence-electron chi connectivity index (χ4n) is 6.97. The number of alkyl carbamates (subject to hydrolysis) is 2. The van der Waals surface area contributed by atoms with Crippen molar-refractivity contribution >= 4 is 24.1 Å². The van der Waals surface area contributed by atoms with Crippen molar-refractivity contribution in [1.29, 1.82) is 0 Å². The summed E-state index contributed by atoms with van der Waals surface area (Å²) in [5, 5.41) is 14.2. The Bertz CT molecular complexity index is 1630. The summed E-state index contributed by atoms with van der Waals surface area (Å²) in [6.45, 7) is 16.2. The largest absolute Gasteiger partial charge is 0.458 e. The zero-order valence-electron chi connectivity index (χ0n) is 38.6. The summed E-state index contributed by atoms with van der Waals surface area (Å²) >= 11 is 0. The van der Waals surface area contributed by atoms with E-state index < -0.39 is 65.7 Å². The Morgan fingerprint density at radius 3 is 1.40 bits per heavy atom. The lowest BCUT2D eigenvalue weighted by molar-refractivity contribution is -0.161. The molecule has 0 bridgehead atoms. The average Bonchev–Trinajstić information content (AvgIpc) is 3.28. The molecule has 2 fully saturated rings. The van der Waals surface area contributed by atoms with Crippen LogP contribution in [0.25, 0.3) is 0 Å². The van der Waals surface area contributed by atoms with Gasteiger partial charge < -0.3 is 58.4 Å². The molecule has 0 aliphatic carbocycles. The number of benzene rings is 2. The zero-order valence-corrected chi connectivity index (χ0v) is 38.6. The number of carbonyl (C=O) groups is 4. The summed E-state index contributed by atoms with van der Waals surface area (Å²) in [6.07, 6.45) is -0.669. The minimum atomic E-state index is -0.981. The lowest BCUT2D eigenvalue weighted by atomic mass is 9.91. The molecular formula is C47H72N2O14. The highest BCUT2D eigenvalue weighted by Crippen LogP contribution is 2.25. The normalized spacial score (nSPS) is 24.8. The second-order valence-corrected chi connectivity index (χ2v) is 17.8. The Morgan fingerprint density at radius 2 is 1.03 bits per heavy atom. The Kier molecular flexibility index (Phi) is 22.8. The lowest BCUT2D eigenvalue weighted by Gasteiger charge is -2.31. The molecule has 0 radical (unpaired) electrons. The van der Waals surface area contributed by atoms with Crippen LogP contribution in [0.4, 0.5) is 9.59 Å². The Hall–Kier alpha value is -4.32. The molecule has 3 N–H and O–H groups in total. The number of carbonyl (C=O) groups excluding carboxylic acids is 4. The van der Waals surface area contributed by atoms with Crippen LogP contribution in [0, 0.1) is 11.8 Å². The zero-order chi connectivity index (χ0) is 46.4. The molecule has 2 aromatic carbocycles. The third-order valence-corrected chi connectivity index (χ3v) is 9.74. The van der Waals surface area contributed by atoms with Gasteiger partial charge in [-0.1, -0.05) is 60.7 Å². The smallest absolute Gasteiger partial charge is 0.408 e. The third-order valence-electron chi connectivity index (χ3n) is 9.74. The van der Waals surface area contributed by atoms with E-state index in [1.165, 1.54) is 0 Å². The minimum Gasteiger partial charge on any atom is -0.458 e. The SMILES string of the molecule is COCCCO[C@@H]1[C@@H](Cc2ccccc2)COC[C@H](NC(=O)OC(C)(C)C)C(=O)O[C@H]1C.C[C@@H]1OC(=O)[C@@H](NC(=O)OC(C)(C)C)COC[C@H](Cc2ccccc2)[C@H]1OCCCO. The topological polar surface area (TPSA) is 196 Å². The Morgan fingerprint density at radius 1 is 0.635 bits per heavy atom. The molecule has 354 valence electrons. The summed E-state index contributed by atoms with van der Waals surface area (Å²) in [4.78, 5) is 49.8. The number of aliphatic hydroxyl groups is 1. The number of hydrogen-bond donors (Lipinski definition) is 3. The van der Waals surface area contributed by atoms with Gasteiger partial charge in [-0.2, -0.15) is 0 Å². The Balaban J connectivity index is 0.000000335. The molecule has 8 atom stereocenters. The van der Waals surface area contributed by atoms with Crippen LogP contribution >= 0.6 is 0 Å². The maximum absolute atomic E-state index is 12.8. The maximum Gasteiger partial charge on any atom is 0.408 e. The molecule has 63 heavy (non-hydrogen) atoms. The van der Waals surface area contributed by atoms with Gasteiger partial charge in [-0.15, -0.1) is 0 Å². The molecule has 0 saturated carbocycles. The van der Waals surface area contributed by atoms with E-state index in [4.69, 9.17) is 47.7 Å². The van der Waals surface area contributed by atoms with E-state index in [1.807, 2.05) is 55.5 Å². The molecule has 0 unspecified atom stereocenters. The number of nitrogens with one attached hydrogen (secondary N) is 2. The van der Waals surface area contributed by atoms with Crippen molar-refractivity contribution in [2.45, 2.75) is 129 Å². The number of amides is 2. The van der Waals surface area contributed by atoms with E-state index in [1.54, 1.807) is 55.6 Å². The first-order chi connectivity index (χ1) is 29.9. The predicted octanol–water partition coefficient (Wildman–Crippen LogP) is 5.59. The van der Waals surface area contributed by atoms with E-state index in [9.17, 15) is 19.2 Å². The van der Waals surface area contributed by atoms with E-state index in [-0.39, 0.29) is 37.8 Å². The fourth-order valence-corrected chi connectivity index (χ4v) is 6.97. The predicted molar refractivity (Wildman–Crippen MR) is 234 cm³/mol. The van der Waals surface area contributed by atoms with Crippen LogP contribution in [0.15, 0.2) is 60.7 Å². The van der Waals surface area contributed by atoms with E-state index >= 15 is 0 Å². The number of cyclic esters (lactones) is 2. The fraction of sp³-hybridized carbons (Fsp3) is 0.660. The summed E-state index contributed by atoms with van der Waals surface area (Å²) in [7, 11) is 1.65. The van der Waals surface area contributed by atoms with Crippen LogP contribution in [-0.4, -0.2) is 137 Å². The van der Waals surface area contributed by atoms with Gasteiger partial charge in [0.2, 0.25) is 0 Å². The molecule has 16 heteroatoms. The lowest BCUT2D eigenvalue weighted by Crippen LogP contribution is -2.47. The third kappa shape index (κ3) is 20.8. The average molecular weight is 889 g/mol. The van der Waals surface area contributed by atoms with Gasteiger partial charge >= 0.3 is 24.1 Å². The van der Waals surface area contributed by atoms with Crippen molar-refractivity contribution in [2.75, 3.05) is 60.0 Å². The molecule has 2 aliphatic rings. The van der Waals surface area contributed by atoms with Crippen LogP contribution < -0.4 is 10.6 Å². The van der Waals surface area contributed by atoms with E-state index in [0.29, 0.717) is 52.3 Å². The van der Waals surface area contributed by atoms with Gasteiger partial charge in [0.25, 0.3) is 0 Å². The number of hydrogen-bond acceptors (Lipinski definition) is 14. The van der Waals surface area contributed by atoms with E-state index in [0.717, 1.165) is 17.5 Å². The van der Waals surface area contributed by atoms with Gasteiger partial charge in [-0.25, -0.2) is 19.2 Å². The second kappa shape index (κ2) is 27.1. The van der Waals surface area contributed by atoms with Crippen molar-refractivity contribution in [1.82, 2.24) is 10.6 Å². The molecule has 0 aromatic heterocycles. The molecule has 4 rings (SSSR count). The van der Waals surface area contributed by atoms with Gasteiger partial charge in [0.1, 0.15) is 23.4 Å². The molecule has 2 heterocycles. The second-order valence-electron chi connectivity index (χ2n) is 17.8. The van der Waals surface area contributed by atoms with E-state index in [2.05, 4.69) is 22.8 Å². The molecular weight excluding hydrogens is 817 g/mol. The number of ether oxygens (including phenoxy) is 9. The standard InChI is InChI=1S/C24H37NO7.C23H35NO7/c1-17-21(30-13-9-12-28-5)19(14-18-10-7-6-8-11-18)15-29-16-20(22(26)31-17)25-23(27)32-24(2,3)4;1-16-20(29-12-8-11-25)18(13-17-9-6-5-7-10-17)14-28-15-19(21(26)30-16)24-22(27)31-23(2,3)4/h6-8,10-11,17,19-21H,9,12-16H2,1-5H3,(H,25,27);5-7,9-10,16,18-20,25H,8,11-15H2,1-4H3,(H,24,27)/t17-,19-,20-,21-;16-,18-,19-,20-/m00/s1.